The van der Waals surface area contributed by atoms with Gasteiger partial charge in [0.05, 0.1) is 11.7 Å². The highest BCUT2D eigenvalue weighted by molar-refractivity contribution is 7.91. The second kappa shape index (κ2) is 4.46. The van der Waals surface area contributed by atoms with Gasteiger partial charge in [0.1, 0.15) is 23.9 Å². The van der Waals surface area contributed by atoms with Crippen LogP contribution < -0.4 is 10.4 Å². The van der Waals surface area contributed by atoms with E-state index >= 15 is 0 Å². The normalized spacial score (nSPS) is 31.3. The van der Waals surface area contributed by atoms with E-state index in [1.807, 2.05) is 0 Å². The Morgan fingerprint density at radius 1 is 1.60 bits per heavy atom. The van der Waals surface area contributed by atoms with Crippen molar-refractivity contribution in [3.8, 4) is 0 Å². The molecule has 1 rings (SSSR count). The first-order valence-corrected chi connectivity index (χ1v) is 6.62. The summed E-state index contributed by atoms with van der Waals surface area (Å²) >= 11 is 0. The summed E-state index contributed by atoms with van der Waals surface area (Å²) in [6.45, 7) is 1.67. The number of carboxylic acid groups (broad SMARTS) is 1. The van der Waals surface area contributed by atoms with Crippen LogP contribution >= 0.6 is 0 Å². The second-order valence-electron chi connectivity index (χ2n) is 3.83. The number of aliphatic hydroxyl groups excluding tert-OH is 1. The topological polar surface area (TPSA) is 111 Å². The van der Waals surface area contributed by atoms with Gasteiger partial charge in [0.15, 0.2) is 9.84 Å². The van der Waals surface area contributed by atoms with Crippen molar-refractivity contribution in [3.05, 3.63) is 0 Å². The maximum Gasteiger partial charge on any atom is 0.159 e. The van der Waals surface area contributed by atoms with Gasteiger partial charge in [-0.15, -0.1) is 0 Å². The van der Waals surface area contributed by atoms with Gasteiger partial charge >= 0.3 is 0 Å². The zero-order chi connectivity index (χ0) is 11.6. The van der Waals surface area contributed by atoms with Crippen molar-refractivity contribution >= 4 is 15.8 Å². The molecule has 0 bridgehead atoms. The van der Waals surface area contributed by atoms with Crippen LogP contribution in [0, 0.1) is 0 Å². The minimum absolute atomic E-state index is 0.169. The van der Waals surface area contributed by atoms with Crippen molar-refractivity contribution < 1.29 is 28.7 Å². The molecule has 1 aliphatic rings. The van der Waals surface area contributed by atoms with Crippen molar-refractivity contribution in [1.82, 2.24) is 0 Å². The van der Waals surface area contributed by atoms with Crippen LogP contribution in [0.25, 0.3) is 0 Å². The molecule has 3 N–H and O–H groups in total. The highest BCUT2D eigenvalue weighted by Crippen LogP contribution is 2.09. The Labute approximate surface area is 88.2 Å². The number of carbonyl (C=O) groups excluding carboxylic acids is 1. The molecule has 88 valence electrons. The molecule has 0 aromatic rings. The SMILES string of the molecule is CC[C@@H]([NH2+][C@@H]1CS(=O)(=O)C[C@@H]1O)C(=O)[O-]. The van der Waals surface area contributed by atoms with Gasteiger partial charge in [-0.25, -0.2) is 8.42 Å². The molecule has 1 heterocycles. The molecular weight excluding hydrogens is 222 g/mol. The molecule has 7 heteroatoms. The van der Waals surface area contributed by atoms with E-state index in [1.165, 1.54) is 5.32 Å². The first kappa shape index (κ1) is 12.4. The summed E-state index contributed by atoms with van der Waals surface area (Å²) in [5.41, 5.74) is 0. The first-order chi connectivity index (χ1) is 6.85. The fraction of sp³-hybridized carbons (Fsp3) is 0.875. The van der Waals surface area contributed by atoms with Crippen LogP contribution in [0.3, 0.4) is 0 Å². The van der Waals surface area contributed by atoms with Gasteiger partial charge in [-0.2, -0.15) is 0 Å². The van der Waals surface area contributed by atoms with E-state index in [1.54, 1.807) is 6.92 Å². The van der Waals surface area contributed by atoms with Crippen LogP contribution in [0.5, 0.6) is 0 Å². The summed E-state index contributed by atoms with van der Waals surface area (Å²) in [6.07, 6.45) is -0.644. The lowest BCUT2D eigenvalue weighted by molar-refractivity contribution is -0.716. The number of hydrogen-bond acceptors (Lipinski definition) is 5. The highest BCUT2D eigenvalue weighted by Gasteiger charge is 2.40. The maximum atomic E-state index is 11.1. The average molecular weight is 237 g/mol. The zero-order valence-corrected chi connectivity index (χ0v) is 9.24. The molecule has 1 saturated heterocycles. The van der Waals surface area contributed by atoms with Crippen LogP contribution in [0.1, 0.15) is 13.3 Å². The van der Waals surface area contributed by atoms with Crippen molar-refractivity contribution in [1.29, 1.82) is 0 Å². The zero-order valence-electron chi connectivity index (χ0n) is 8.42. The Bertz CT molecular complexity index is 339. The largest absolute Gasteiger partial charge is 0.544 e. The number of aliphatic hydroxyl groups is 1. The van der Waals surface area contributed by atoms with E-state index in [0.29, 0.717) is 6.42 Å². The van der Waals surface area contributed by atoms with E-state index in [0.717, 1.165) is 0 Å². The number of sulfone groups is 1. The molecule has 0 unspecified atom stereocenters. The third-order valence-corrected chi connectivity index (χ3v) is 4.33. The molecule has 3 atom stereocenters. The molecule has 0 saturated carbocycles. The van der Waals surface area contributed by atoms with Gasteiger partial charge in [0.25, 0.3) is 0 Å². The third kappa shape index (κ3) is 3.15. The quantitative estimate of drug-likeness (QED) is 0.521. The van der Waals surface area contributed by atoms with E-state index in [2.05, 4.69) is 0 Å². The van der Waals surface area contributed by atoms with Gasteiger partial charge in [0, 0.05) is 6.42 Å². The summed E-state index contributed by atoms with van der Waals surface area (Å²) in [7, 11) is -3.22. The monoisotopic (exact) mass is 237 g/mol. The van der Waals surface area contributed by atoms with Gasteiger partial charge < -0.3 is 20.3 Å². The van der Waals surface area contributed by atoms with Gasteiger partial charge in [-0.3, -0.25) is 0 Å². The lowest BCUT2D eigenvalue weighted by atomic mass is 10.1. The van der Waals surface area contributed by atoms with E-state index in [4.69, 9.17) is 0 Å². The van der Waals surface area contributed by atoms with Crippen molar-refractivity contribution in [3.63, 3.8) is 0 Å². The smallest absolute Gasteiger partial charge is 0.159 e. The number of aliphatic carboxylic acids is 1. The van der Waals surface area contributed by atoms with Crippen LogP contribution in [0.15, 0.2) is 0 Å². The Balaban J connectivity index is 2.63. The molecule has 0 spiro atoms. The van der Waals surface area contributed by atoms with Crippen molar-refractivity contribution in [2.24, 2.45) is 0 Å². The summed E-state index contributed by atoms with van der Waals surface area (Å²) in [4.78, 5) is 10.6. The molecule has 0 aliphatic carbocycles. The fourth-order valence-corrected chi connectivity index (χ4v) is 3.54. The minimum Gasteiger partial charge on any atom is -0.544 e. The third-order valence-electron chi connectivity index (χ3n) is 2.59. The maximum absolute atomic E-state index is 11.1. The number of carboxylic acids is 1. The molecular formula is C8H15NO5S. The van der Waals surface area contributed by atoms with Gasteiger partial charge in [-0.1, -0.05) is 6.92 Å². The summed E-state index contributed by atoms with van der Waals surface area (Å²) in [6, 6.07) is -1.38. The van der Waals surface area contributed by atoms with Crippen molar-refractivity contribution in [2.75, 3.05) is 11.5 Å². The van der Waals surface area contributed by atoms with E-state index in [9.17, 15) is 23.4 Å². The molecule has 0 aromatic carbocycles. The minimum atomic E-state index is -3.22. The van der Waals surface area contributed by atoms with Gasteiger partial charge in [0.2, 0.25) is 0 Å². The molecule has 1 fully saturated rings. The lowest BCUT2D eigenvalue weighted by Gasteiger charge is -2.20. The summed E-state index contributed by atoms with van der Waals surface area (Å²) in [5.74, 6) is -1.68. The van der Waals surface area contributed by atoms with Crippen LogP contribution in [0.2, 0.25) is 0 Å². The van der Waals surface area contributed by atoms with Crippen LogP contribution in [-0.4, -0.2) is 49.2 Å². The Morgan fingerprint density at radius 2 is 2.20 bits per heavy atom. The average Bonchev–Trinajstić information content (AvgIpc) is 2.34. The number of nitrogens with two attached hydrogens (primary N) is 1. The van der Waals surface area contributed by atoms with Gasteiger partial charge in [-0.05, 0) is 0 Å². The number of quaternary nitrogens is 1. The van der Waals surface area contributed by atoms with Crippen molar-refractivity contribution in [2.45, 2.75) is 31.5 Å². The van der Waals surface area contributed by atoms with Crippen LogP contribution in [-0.2, 0) is 14.6 Å². The molecule has 15 heavy (non-hydrogen) atoms. The number of carbonyl (C=O) groups is 1. The molecule has 1 aliphatic heterocycles. The Hall–Kier alpha value is -0.660. The summed E-state index contributed by atoms with van der Waals surface area (Å²) in [5, 5.41) is 21.4. The highest BCUT2D eigenvalue weighted by atomic mass is 32.2. The van der Waals surface area contributed by atoms with E-state index in [-0.39, 0.29) is 11.5 Å². The Morgan fingerprint density at radius 3 is 2.53 bits per heavy atom. The number of rotatable bonds is 4. The first-order valence-electron chi connectivity index (χ1n) is 4.80. The molecule has 6 nitrogen and oxygen atoms in total. The standard InChI is InChI=1S/C8H15NO5S/c1-2-5(8(11)12)9-6-3-15(13,14)4-7(6)10/h5-7,9-10H,2-4H2,1H3,(H,11,12)/t5-,6-,7+/m1/s1. The fourth-order valence-electron chi connectivity index (χ4n) is 1.72. The van der Waals surface area contributed by atoms with E-state index < -0.39 is 34.0 Å². The molecule has 0 amide bonds. The second-order valence-corrected chi connectivity index (χ2v) is 5.99. The van der Waals surface area contributed by atoms with Crippen LogP contribution in [0.4, 0.5) is 0 Å². The Kier molecular flexibility index (Phi) is 3.69. The summed E-state index contributed by atoms with van der Waals surface area (Å²) < 4.78 is 22.3. The lowest BCUT2D eigenvalue weighted by Crippen LogP contribution is -2.99. The molecule has 0 radical (unpaired) electrons. The molecule has 0 aromatic heterocycles. The predicted molar refractivity (Wildman–Crippen MR) is 49.5 cm³/mol. The number of hydrogen-bond donors (Lipinski definition) is 2. The predicted octanol–water partition coefficient (Wildman–Crippen LogP) is -3.76.